The van der Waals surface area contributed by atoms with Crippen LogP contribution in [0.4, 0.5) is 0 Å². The molecule has 0 bridgehead atoms. The number of carboxylic acid groups (broad SMARTS) is 1. The van der Waals surface area contributed by atoms with Gasteiger partial charge in [-0.3, -0.25) is 4.79 Å². The number of hydrogen-bond donors (Lipinski definition) is 2. The molecule has 5 heteroatoms. The molecule has 0 radical (unpaired) electrons. The van der Waals surface area contributed by atoms with Gasteiger partial charge < -0.3 is 14.9 Å². The highest BCUT2D eigenvalue weighted by atomic mass is 16.5. The maximum Gasteiger partial charge on any atom is 0.314 e. The van der Waals surface area contributed by atoms with Crippen molar-refractivity contribution in [2.75, 3.05) is 13.1 Å². The van der Waals surface area contributed by atoms with Crippen LogP contribution < -0.4 is 5.32 Å². The summed E-state index contributed by atoms with van der Waals surface area (Å²) in [4.78, 5) is 11.2. The lowest BCUT2D eigenvalue weighted by Crippen LogP contribution is -2.33. The van der Waals surface area contributed by atoms with Crippen molar-refractivity contribution in [3.8, 4) is 0 Å². The Morgan fingerprint density at radius 3 is 2.87 bits per heavy atom. The van der Waals surface area contributed by atoms with E-state index in [4.69, 9.17) is 4.52 Å². The van der Waals surface area contributed by atoms with E-state index in [1.165, 1.54) is 6.20 Å². The number of nitrogens with zero attached hydrogens (tertiary/aromatic N) is 1. The second-order valence-corrected chi connectivity index (χ2v) is 3.82. The molecule has 1 atom stereocenters. The van der Waals surface area contributed by atoms with Gasteiger partial charge in [0.1, 0.15) is 5.92 Å². The molecule has 2 rings (SSSR count). The fourth-order valence-corrected chi connectivity index (χ4v) is 2.12. The van der Waals surface area contributed by atoms with Crippen LogP contribution in [0, 0.1) is 5.92 Å². The Kier molecular flexibility index (Phi) is 3.01. The number of rotatable bonds is 3. The van der Waals surface area contributed by atoms with Gasteiger partial charge in [0.05, 0.1) is 6.20 Å². The Balaban J connectivity index is 2.15. The average Bonchev–Trinajstić information content (AvgIpc) is 2.72. The molecule has 2 N–H and O–H groups in total. The molecule has 1 aromatic rings. The van der Waals surface area contributed by atoms with E-state index in [0.717, 1.165) is 25.9 Å². The maximum absolute atomic E-state index is 11.2. The van der Waals surface area contributed by atoms with Gasteiger partial charge in [-0.25, -0.2) is 0 Å². The summed E-state index contributed by atoms with van der Waals surface area (Å²) in [5.74, 6) is -0.751. The first kappa shape index (κ1) is 10.2. The molecule has 0 spiro atoms. The van der Waals surface area contributed by atoms with Crippen LogP contribution in [0.5, 0.6) is 0 Å². The van der Waals surface area contributed by atoms with Crippen molar-refractivity contribution in [1.29, 1.82) is 0 Å². The van der Waals surface area contributed by atoms with Crippen molar-refractivity contribution in [1.82, 2.24) is 10.5 Å². The second kappa shape index (κ2) is 4.44. The Morgan fingerprint density at radius 2 is 2.33 bits per heavy atom. The number of aliphatic carboxylic acids is 1. The monoisotopic (exact) mass is 210 g/mol. The molecule has 1 unspecified atom stereocenters. The molecule has 82 valence electrons. The molecule has 0 aromatic carbocycles. The highest BCUT2D eigenvalue weighted by molar-refractivity contribution is 5.75. The highest BCUT2D eigenvalue weighted by Crippen LogP contribution is 2.30. The fraction of sp³-hybridized carbons (Fsp3) is 0.600. The van der Waals surface area contributed by atoms with E-state index in [-0.39, 0.29) is 5.92 Å². The third kappa shape index (κ3) is 2.18. The summed E-state index contributed by atoms with van der Waals surface area (Å²) >= 11 is 0. The summed E-state index contributed by atoms with van der Waals surface area (Å²) in [7, 11) is 0. The van der Waals surface area contributed by atoms with Crippen molar-refractivity contribution in [3.05, 3.63) is 18.0 Å². The number of piperidine rings is 1. The molecular formula is C10H14N2O3. The van der Waals surface area contributed by atoms with Gasteiger partial charge in [0.2, 0.25) is 0 Å². The Labute approximate surface area is 87.5 Å². The van der Waals surface area contributed by atoms with Gasteiger partial charge in [0, 0.05) is 6.07 Å². The molecule has 1 aliphatic rings. The lowest BCUT2D eigenvalue weighted by Gasteiger charge is -2.26. The lowest BCUT2D eigenvalue weighted by atomic mass is 9.83. The van der Waals surface area contributed by atoms with E-state index in [2.05, 4.69) is 10.5 Å². The first-order chi connectivity index (χ1) is 7.29. The van der Waals surface area contributed by atoms with E-state index in [9.17, 15) is 9.90 Å². The summed E-state index contributed by atoms with van der Waals surface area (Å²) in [6.45, 7) is 1.76. The molecule has 0 saturated carbocycles. The van der Waals surface area contributed by atoms with Crippen LogP contribution in [0.2, 0.25) is 0 Å². The molecule has 1 saturated heterocycles. The van der Waals surface area contributed by atoms with Crippen LogP contribution in [0.3, 0.4) is 0 Å². The average molecular weight is 210 g/mol. The summed E-state index contributed by atoms with van der Waals surface area (Å²) in [5.41, 5.74) is 0. The zero-order valence-electron chi connectivity index (χ0n) is 8.35. The van der Waals surface area contributed by atoms with Crippen molar-refractivity contribution in [2.24, 2.45) is 5.92 Å². The minimum absolute atomic E-state index is 0.150. The van der Waals surface area contributed by atoms with Gasteiger partial charge in [-0.05, 0) is 31.8 Å². The molecule has 15 heavy (non-hydrogen) atoms. The minimum atomic E-state index is -0.821. The number of nitrogens with one attached hydrogen (secondary N) is 1. The van der Waals surface area contributed by atoms with E-state index >= 15 is 0 Å². The molecule has 1 aromatic heterocycles. The number of hydrogen-bond acceptors (Lipinski definition) is 4. The first-order valence-corrected chi connectivity index (χ1v) is 5.13. The molecule has 0 amide bonds. The standard InChI is InChI=1S/C10H14N2O3/c13-10(14)9(8-3-6-12-15-8)7-1-4-11-5-2-7/h3,6-7,9,11H,1-2,4-5H2,(H,13,14). The molecule has 1 aliphatic heterocycles. The Morgan fingerprint density at radius 1 is 1.60 bits per heavy atom. The van der Waals surface area contributed by atoms with Gasteiger partial charge in [-0.1, -0.05) is 5.16 Å². The maximum atomic E-state index is 11.2. The predicted octanol–water partition coefficient (Wildman–Crippen LogP) is 0.842. The number of carboxylic acids is 1. The van der Waals surface area contributed by atoms with Crippen molar-refractivity contribution < 1.29 is 14.4 Å². The van der Waals surface area contributed by atoms with Crippen LogP contribution in [0.25, 0.3) is 0 Å². The van der Waals surface area contributed by atoms with Gasteiger partial charge in [0.25, 0.3) is 0 Å². The SMILES string of the molecule is O=C(O)C(c1ccno1)C1CCNCC1. The van der Waals surface area contributed by atoms with E-state index < -0.39 is 11.9 Å². The summed E-state index contributed by atoms with van der Waals surface area (Å²) in [6, 6.07) is 1.64. The van der Waals surface area contributed by atoms with Crippen LogP contribution in [-0.2, 0) is 4.79 Å². The van der Waals surface area contributed by atoms with Gasteiger partial charge in [0.15, 0.2) is 5.76 Å². The molecule has 1 fully saturated rings. The quantitative estimate of drug-likeness (QED) is 0.773. The smallest absolute Gasteiger partial charge is 0.314 e. The van der Waals surface area contributed by atoms with Gasteiger partial charge in [-0.2, -0.15) is 0 Å². The third-order valence-electron chi connectivity index (χ3n) is 2.89. The zero-order chi connectivity index (χ0) is 10.7. The van der Waals surface area contributed by atoms with E-state index in [0.29, 0.717) is 5.76 Å². The second-order valence-electron chi connectivity index (χ2n) is 3.82. The number of aromatic nitrogens is 1. The van der Waals surface area contributed by atoms with E-state index in [1.807, 2.05) is 0 Å². The van der Waals surface area contributed by atoms with Crippen LogP contribution >= 0.6 is 0 Å². The van der Waals surface area contributed by atoms with Crippen molar-refractivity contribution in [3.63, 3.8) is 0 Å². The number of carbonyl (C=O) groups is 1. The predicted molar refractivity (Wildman–Crippen MR) is 52.5 cm³/mol. The lowest BCUT2D eigenvalue weighted by molar-refractivity contribution is -0.141. The molecular weight excluding hydrogens is 196 g/mol. The molecule has 0 aliphatic carbocycles. The normalized spacial score (nSPS) is 20.0. The Bertz CT molecular complexity index is 317. The largest absolute Gasteiger partial charge is 0.481 e. The van der Waals surface area contributed by atoms with Crippen molar-refractivity contribution in [2.45, 2.75) is 18.8 Å². The zero-order valence-corrected chi connectivity index (χ0v) is 8.35. The van der Waals surface area contributed by atoms with Gasteiger partial charge >= 0.3 is 5.97 Å². The highest BCUT2D eigenvalue weighted by Gasteiger charge is 2.33. The van der Waals surface area contributed by atoms with Crippen molar-refractivity contribution >= 4 is 5.97 Å². The Hall–Kier alpha value is -1.36. The third-order valence-corrected chi connectivity index (χ3v) is 2.89. The fourth-order valence-electron chi connectivity index (χ4n) is 2.12. The molecule has 2 heterocycles. The summed E-state index contributed by atoms with van der Waals surface area (Å²) in [5, 5.41) is 16.0. The summed E-state index contributed by atoms with van der Waals surface area (Å²) in [6.07, 6.45) is 3.24. The van der Waals surface area contributed by atoms with Crippen LogP contribution in [0.1, 0.15) is 24.5 Å². The van der Waals surface area contributed by atoms with Crippen LogP contribution in [-0.4, -0.2) is 29.3 Å². The topological polar surface area (TPSA) is 75.4 Å². The van der Waals surface area contributed by atoms with E-state index in [1.54, 1.807) is 6.07 Å². The van der Waals surface area contributed by atoms with Crippen LogP contribution in [0.15, 0.2) is 16.8 Å². The molecule has 5 nitrogen and oxygen atoms in total. The summed E-state index contributed by atoms with van der Waals surface area (Å²) < 4.78 is 4.96. The van der Waals surface area contributed by atoms with Gasteiger partial charge in [-0.15, -0.1) is 0 Å². The first-order valence-electron chi connectivity index (χ1n) is 5.13. The minimum Gasteiger partial charge on any atom is -0.481 e.